The van der Waals surface area contributed by atoms with Gasteiger partial charge in [0.05, 0.1) is 0 Å². The van der Waals surface area contributed by atoms with Gasteiger partial charge in [0.2, 0.25) is 5.13 Å². The van der Waals surface area contributed by atoms with Gasteiger partial charge in [-0.2, -0.15) is 4.37 Å². The van der Waals surface area contributed by atoms with Crippen molar-refractivity contribution < 1.29 is 18.3 Å². The Morgan fingerprint density at radius 1 is 1.56 bits per heavy atom. The van der Waals surface area contributed by atoms with Gasteiger partial charge in [-0.15, -0.1) is 0 Å². The molecule has 0 amide bonds. The Labute approximate surface area is 106 Å². The van der Waals surface area contributed by atoms with E-state index >= 15 is 0 Å². The smallest absolute Gasteiger partial charge is 0.352 e. The third kappa shape index (κ3) is 2.49. The minimum Gasteiger partial charge on any atom is -0.477 e. The monoisotopic (exact) mass is 288 g/mol. The van der Waals surface area contributed by atoms with Gasteiger partial charge >= 0.3 is 5.97 Å². The summed E-state index contributed by atoms with van der Waals surface area (Å²) in [5, 5.41) is 8.82. The Hall–Kier alpha value is -1.94. The van der Waals surface area contributed by atoms with E-state index in [1.807, 2.05) is 0 Å². The van der Waals surface area contributed by atoms with E-state index in [0.29, 0.717) is 5.82 Å². The topological polar surface area (TPSA) is 125 Å². The van der Waals surface area contributed by atoms with Crippen molar-refractivity contribution in [2.45, 2.75) is 11.8 Å². The zero-order chi connectivity index (χ0) is 13.3. The van der Waals surface area contributed by atoms with E-state index < -0.39 is 16.0 Å². The number of aromatic nitrogens is 3. The second-order valence-corrected chi connectivity index (χ2v) is 5.74. The number of rotatable bonds is 4. The normalized spacial score (nSPS) is 11.4. The summed E-state index contributed by atoms with van der Waals surface area (Å²) in [5.74, 6) is -0.777. The number of aryl methyl sites for hydroxylation is 1. The van der Waals surface area contributed by atoms with Crippen molar-refractivity contribution in [1.82, 2.24) is 14.3 Å². The number of aromatic amines is 1. The molecule has 2 aromatic heterocycles. The summed E-state index contributed by atoms with van der Waals surface area (Å²) in [6.07, 6.45) is 1.10. The molecule has 2 heterocycles. The molecule has 0 spiro atoms. The van der Waals surface area contributed by atoms with Gasteiger partial charge in [0.15, 0.2) is 0 Å². The minimum absolute atomic E-state index is 0.130. The molecule has 0 aliphatic carbocycles. The molecule has 0 bridgehead atoms. The standard InChI is InChI=1S/C8H8N4O4S2/c1-4-10-8(17-11-4)12-18(15,16)5-2-6(7(13)14)9-3-5/h2-3,9H,1H3,(H,13,14)(H,10,11,12). The Morgan fingerprint density at radius 3 is 2.78 bits per heavy atom. The highest BCUT2D eigenvalue weighted by Crippen LogP contribution is 2.18. The van der Waals surface area contributed by atoms with Crippen LogP contribution in [0.3, 0.4) is 0 Å². The van der Waals surface area contributed by atoms with Crippen LogP contribution >= 0.6 is 11.5 Å². The van der Waals surface area contributed by atoms with E-state index in [9.17, 15) is 13.2 Å². The van der Waals surface area contributed by atoms with Crippen molar-refractivity contribution in [3.63, 3.8) is 0 Å². The van der Waals surface area contributed by atoms with Crippen molar-refractivity contribution in [1.29, 1.82) is 0 Å². The van der Waals surface area contributed by atoms with Gasteiger partial charge in [0, 0.05) is 17.7 Å². The van der Waals surface area contributed by atoms with Crippen LogP contribution in [0.4, 0.5) is 5.13 Å². The van der Waals surface area contributed by atoms with Crippen LogP contribution in [0.5, 0.6) is 0 Å². The number of carboxylic acid groups (broad SMARTS) is 1. The summed E-state index contributed by atoms with van der Waals surface area (Å²) in [6.45, 7) is 1.63. The second kappa shape index (κ2) is 4.38. The first kappa shape index (κ1) is 12.5. The van der Waals surface area contributed by atoms with Crippen LogP contribution in [0.1, 0.15) is 16.3 Å². The second-order valence-electron chi connectivity index (χ2n) is 3.31. The molecule has 2 rings (SSSR count). The quantitative estimate of drug-likeness (QED) is 0.759. The lowest BCUT2D eigenvalue weighted by Crippen LogP contribution is -2.12. The summed E-state index contributed by atoms with van der Waals surface area (Å²) in [6, 6.07) is 1.03. The van der Waals surface area contributed by atoms with E-state index in [4.69, 9.17) is 5.11 Å². The van der Waals surface area contributed by atoms with Crippen LogP contribution in [-0.2, 0) is 10.0 Å². The average molecular weight is 288 g/mol. The Morgan fingerprint density at radius 2 is 2.28 bits per heavy atom. The average Bonchev–Trinajstić information content (AvgIpc) is 2.86. The van der Waals surface area contributed by atoms with Crippen molar-refractivity contribution in [2.24, 2.45) is 0 Å². The van der Waals surface area contributed by atoms with Crippen molar-refractivity contribution in [3.8, 4) is 0 Å². The van der Waals surface area contributed by atoms with Crippen molar-refractivity contribution in [2.75, 3.05) is 4.72 Å². The van der Waals surface area contributed by atoms with Crippen LogP contribution in [0.15, 0.2) is 17.2 Å². The first-order chi connectivity index (χ1) is 8.38. The molecule has 3 N–H and O–H groups in total. The van der Waals surface area contributed by atoms with Gasteiger partial charge in [0.1, 0.15) is 16.4 Å². The van der Waals surface area contributed by atoms with Crippen LogP contribution in [0, 0.1) is 6.92 Å². The van der Waals surface area contributed by atoms with Gasteiger partial charge in [0.25, 0.3) is 10.0 Å². The van der Waals surface area contributed by atoms with Crippen molar-refractivity contribution >= 4 is 32.7 Å². The van der Waals surface area contributed by atoms with Gasteiger partial charge in [-0.3, -0.25) is 4.72 Å². The highest BCUT2D eigenvalue weighted by molar-refractivity contribution is 7.93. The number of carbonyl (C=O) groups is 1. The summed E-state index contributed by atoms with van der Waals surface area (Å²) in [7, 11) is -3.85. The number of hydrogen-bond donors (Lipinski definition) is 3. The van der Waals surface area contributed by atoms with Gasteiger partial charge in [-0.25, -0.2) is 18.2 Å². The van der Waals surface area contributed by atoms with Crippen molar-refractivity contribution in [3.05, 3.63) is 23.8 Å². The summed E-state index contributed by atoms with van der Waals surface area (Å²) < 4.78 is 29.8. The van der Waals surface area contributed by atoms with Crippen LogP contribution < -0.4 is 4.72 Å². The molecule has 0 saturated carbocycles. The molecule has 0 unspecified atom stereocenters. The fraction of sp³-hybridized carbons (Fsp3) is 0.125. The summed E-state index contributed by atoms with van der Waals surface area (Å²) in [4.78, 5) is 16.7. The maximum Gasteiger partial charge on any atom is 0.352 e. The number of carboxylic acids is 1. The Balaban J connectivity index is 2.27. The molecule has 18 heavy (non-hydrogen) atoms. The molecular weight excluding hydrogens is 280 g/mol. The molecule has 0 radical (unpaired) electrons. The summed E-state index contributed by atoms with van der Waals surface area (Å²) in [5.41, 5.74) is -0.205. The molecule has 96 valence electrons. The van der Waals surface area contributed by atoms with Crippen LogP contribution in [0.2, 0.25) is 0 Å². The highest BCUT2D eigenvalue weighted by atomic mass is 32.2. The van der Waals surface area contributed by atoms with Gasteiger partial charge < -0.3 is 10.1 Å². The molecular formula is C8H8N4O4S2. The number of aromatic carboxylic acids is 1. The lowest BCUT2D eigenvalue weighted by atomic mass is 10.4. The zero-order valence-electron chi connectivity index (χ0n) is 9.04. The van der Waals surface area contributed by atoms with Crippen LogP contribution in [0.25, 0.3) is 0 Å². The third-order valence-corrected chi connectivity index (χ3v) is 4.12. The number of nitrogens with zero attached hydrogens (tertiary/aromatic N) is 2. The van der Waals surface area contributed by atoms with Gasteiger partial charge in [-0.1, -0.05) is 0 Å². The number of nitrogens with one attached hydrogen (secondary N) is 2. The maximum absolute atomic E-state index is 11.9. The molecule has 0 aliphatic rings. The van der Waals surface area contributed by atoms with E-state index in [2.05, 4.69) is 19.1 Å². The van der Waals surface area contributed by atoms with Gasteiger partial charge in [-0.05, 0) is 13.0 Å². The van der Waals surface area contributed by atoms with E-state index in [0.717, 1.165) is 23.8 Å². The number of hydrogen-bond acceptors (Lipinski definition) is 6. The fourth-order valence-electron chi connectivity index (χ4n) is 1.17. The third-order valence-electron chi connectivity index (χ3n) is 1.95. The predicted octanol–water partition coefficient (Wildman–Crippen LogP) is 0.674. The molecule has 0 aromatic carbocycles. The zero-order valence-corrected chi connectivity index (χ0v) is 10.7. The molecule has 8 nitrogen and oxygen atoms in total. The summed E-state index contributed by atoms with van der Waals surface area (Å²) >= 11 is 0.906. The molecule has 0 fully saturated rings. The lowest BCUT2D eigenvalue weighted by molar-refractivity contribution is 0.0691. The fourth-order valence-corrected chi connectivity index (χ4v) is 2.96. The number of H-pyrrole nitrogens is 1. The molecule has 2 aromatic rings. The highest BCUT2D eigenvalue weighted by Gasteiger charge is 2.19. The van der Waals surface area contributed by atoms with E-state index in [1.54, 1.807) is 6.92 Å². The van der Waals surface area contributed by atoms with Crippen LogP contribution in [-0.4, -0.2) is 33.8 Å². The maximum atomic E-state index is 11.9. The molecule has 0 aliphatic heterocycles. The van der Waals surface area contributed by atoms with E-state index in [-0.39, 0.29) is 15.7 Å². The minimum atomic E-state index is -3.85. The first-order valence-electron chi connectivity index (χ1n) is 4.63. The Bertz CT molecular complexity index is 688. The molecule has 0 atom stereocenters. The lowest BCUT2D eigenvalue weighted by Gasteiger charge is -2.00. The largest absolute Gasteiger partial charge is 0.477 e. The molecule has 0 saturated heterocycles. The first-order valence-corrected chi connectivity index (χ1v) is 6.89. The molecule has 10 heteroatoms. The number of anilines is 1. The van der Waals surface area contributed by atoms with E-state index in [1.165, 1.54) is 0 Å². The number of sulfonamides is 1. The predicted molar refractivity (Wildman–Crippen MR) is 63.2 cm³/mol. The Kier molecular flexibility index (Phi) is 3.05. The SMILES string of the molecule is Cc1nsc(NS(=O)(=O)c2c[nH]c(C(=O)O)c2)n1.